The van der Waals surface area contributed by atoms with Gasteiger partial charge in [-0.15, -0.1) is 5.10 Å². The Kier molecular flexibility index (Phi) is 6.48. The van der Waals surface area contributed by atoms with E-state index in [1.165, 1.54) is 6.07 Å². The first-order valence-corrected chi connectivity index (χ1v) is 13.1. The minimum atomic E-state index is -0.473. The number of rotatable bonds is 5. The molecule has 0 radical (unpaired) electrons. The molecule has 1 aliphatic carbocycles. The van der Waals surface area contributed by atoms with E-state index in [2.05, 4.69) is 22.1 Å². The topological polar surface area (TPSA) is 93.6 Å². The molecule has 2 aliphatic rings. The molecule has 8 nitrogen and oxygen atoms in total. The van der Waals surface area contributed by atoms with Crippen molar-refractivity contribution in [1.82, 2.24) is 29.8 Å². The minimum absolute atomic E-state index is 0.233. The van der Waals surface area contributed by atoms with Crippen molar-refractivity contribution in [2.75, 3.05) is 25.4 Å². The lowest BCUT2D eigenvalue weighted by atomic mass is 9.84. The van der Waals surface area contributed by atoms with E-state index >= 15 is 4.39 Å². The average molecular weight is 502 g/mol. The summed E-state index contributed by atoms with van der Waals surface area (Å²) in [5.74, 6) is 2.25. The maximum atomic E-state index is 15.2. The first-order chi connectivity index (χ1) is 18.0. The number of hydrogen-bond acceptors (Lipinski definition) is 7. The molecular weight excluding hydrogens is 469 g/mol. The molecule has 0 amide bonds. The lowest BCUT2D eigenvalue weighted by molar-refractivity contribution is 0.114. The molecule has 0 spiro atoms. The molecule has 2 aromatic carbocycles. The highest BCUT2D eigenvalue weighted by atomic mass is 19.1. The number of aromatic nitrogens is 4. The maximum Gasteiger partial charge on any atom is 0.185 e. The highest BCUT2D eigenvalue weighted by Gasteiger charge is 2.31. The number of piperazine rings is 1. The summed E-state index contributed by atoms with van der Waals surface area (Å²) in [6, 6.07) is 15.1. The van der Waals surface area contributed by atoms with Gasteiger partial charge in [-0.2, -0.15) is 0 Å². The van der Waals surface area contributed by atoms with Crippen molar-refractivity contribution in [3.63, 3.8) is 0 Å². The number of nitrogens with one attached hydrogen (secondary N) is 1. The van der Waals surface area contributed by atoms with Crippen molar-refractivity contribution < 1.29 is 9.13 Å². The van der Waals surface area contributed by atoms with Crippen LogP contribution in [0.4, 0.5) is 10.2 Å². The Morgan fingerprint density at radius 1 is 1.05 bits per heavy atom. The zero-order valence-corrected chi connectivity index (χ0v) is 21.0. The second-order valence-corrected chi connectivity index (χ2v) is 10.1. The second-order valence-electron chi connectivity index (χ2n) is 10.1. The van der Waals surface area contributed by atoms with Crippen molar-refractivity contribution in [2.45, 2.75) is 50.6 Å². The third-order valence-corrected chi connectivity index (χ3v) is 7.59. The quantitative estimate of drug-likeness (QED) is 0.412. The molecule has 1 saturated carbocycles. The molecule has 1 saturated heterocycles. The van der Waals surface area contributed by atoms with E-state index in [1.807, 2.05) is 30.3 Å². The Hall–Kier alpha value is -3.56. The molecule has 0 bridgehead atoms. The van der Waals surface area contributed by atoms with E-state index in [-0.39, 0.29) is 23.1 Å². The van der Waals surface area contributed by atoms with Crippen LogP contribution in [0.5, 0.6) is 11.5 Å². The molecule has 192 valence electrons. The van der Waals surface area contributed by atoms with Gasteiger partial charge < -0.3 is 15.8 Å². The lowest BCUT2D eigenvalue weighted by Gasteiger charge is -2.40. The van der Waals surface area contributed by atoms with Gasteiger partial charge >= 0.3 is 0 Å². The summed E-state index contributed by atoms with van der Waals surface area (Å²) in [5.41, 5.74) is 7.20. The fourth-order valence-electron chi connectivity index (χ4n) is 5.68. The van der Waals surface area contributed by atoms with Crippen LogP contribution in [0, 0.1) is 5.82 Å². The van der Waals surface area contributed by atoms with E-state index < -0.39 is 5.82 Å². The van der Waals surface area contributed by atoms with Gasteiger partial charge in [-0.05, 0) is 56.9 Å². The second kappa shape index (κ2) is 10.1. The van der Waals surface area contributed by atoms with Crippen LogP contribution >= 0.6 is 0 Å². The van der Waals surface area contributed by atoms with Gasteiger partial charge in [0.2, 0.25) is 0 Å². The van der Waals surface area contributed by atoms with Crippen molar-refractivity contribution in [3.05, 3.63) is 66.4 Å². The average Bonchev–Trinajstić information content (AvgIpc) is 3.34. The Labute approximate surface area is 215 Å². The molecule has 3 heterocycles. The number of halogens is 1. The fraction of sp³-hybridized carbons (Fsp3) is 0.393. The van der Waals surface area contributed by atoms with Gasteiger partial charge in [-0.1, -0.05) is 18.2 Å². The van der Waals surface area contributed by atoms with Gasteiger partial charge in [0.25, 0.3) is 0 Å². The number of benzene rings is 2. The zero-order chi connectivity index (χ0) is 25.4. The first kappa shape index (κ1) is 23.8. The third-order valence-electron chi connectivity index (χ3n) is 7.59. The van der Waals surface area contributed by atoms with E-state index in [0.29, 0.717) is 29.1 Å². The predicted molar refractivity (Wildman–Crippen MR) is 141 cm³/mol. The zero-order valence-electron chi connectivity index (χ0n) is 21.0. The Balaban J connectivity index is 1.23. The molecule has 1 aliphatic heterocycles. The van der Waals surface area contributed by atoms with Gasteiger partial charge in [-0.3, -0.25) is 4.90 Å². The van der Waals surface area contributed by atoms with Crippen molar-refractivity contribution >= 4 is 11.3 Å². The highest BCUT2D eigenvalue weighted by molar-refractivity contribution is 5.68. The Morgan fingerprint density at radius 3 is 2.62 bits per heavy atom. The fourth-order valence-corrected chi connectivity index (χ4v) is 5.68. The number of nitrogen functional groups attached to an aromatic ring is 1. The van der Waals surface area contributed by atoms with Crippen LogP contribution in [0.3, 0.4) is 0 Å². The molecule has 6 rings (SSSR count). The van der Waals surface area contributed by atoms with Crippen molar-refractivity contribution in [1.29, 1.82) is 0 Å². The van der Waals surface area contributed by atoms with Crippen LogP contribution in [0.2, 0.25) is 0 Å². The minimum Gasteiger partial charge on any atom is -0.457 e. The van der Waals surface area contributed by atoms with E-state index in [9.17, 15) is 0 Å². The number of hydrogen-bond donors (Lipinski definition) is 2. The van der Waals surface area contributed by atoms with Crippen LogP contribution in [0.1, 0.15) is 44.3 Å². The van der Waals surface area contributed by atoms with E-state index in [0.717, 1.165) is 51.1 Å². The van der Waals surface area contributed by atoms with Gasteiger partial charge in [-0.25, -0.2) is 18.9 Å². The number of nitrogens with zero attached hydrogens (tertiary/aromatic N) is 5. The molecule has 37 heavy (non-hydrogen) atoms. The number of para-hydroxylation sites is 1. The lowest BCUT2D eigenvalue weighted by Crippen LogP contribution is -2.53. The molecule has 2 aromatic heterocycles. The number of imidazole rings is 1. The Bertz CT molecular complexity index is 1380. The summed E-state index contributed by atoms with van der Waals surface area (Å²) >= 11 is 0. The van der Waals surface area contributed by atoms with Crippen LogP contribution in [0.15, 0.2) is 54.7 Å². The smallest absolute Gasteiger partial charge is 0.185 e. The number of ether oxygens (including phenoxy) is 1. The summed E-state index contributed by atoms with van der Waals surface area (Å²) in [5, 5.41) is 8.23. The Morgan fingerprint density at radius 2 is 1.86 bits per heavy atom. The molecule has 9 heteroatoms. The normalized spacial score (nSPS) is 22.8. The first-order valence-electron chi connectivity index (χ1n) is 13.1. The summed E-state index contributed by atoms with van der Waals surface area (Å²) in [7, 11) is 0. The van der Waals surface area contributed by atoms with Gasteiger partial charge in [0.15, 0.2) is 11.6 Å². The van der Waals surface area contributed by atoms with Gasteiger partial charge in [0.05, 0.1) is 11.8 Å². The highest BCUT2D eigenvalue weighted by Crippen LogP contribution is 2.35. The number of anilines is 1. The number of fused-ring (bicyclic) bond motifs is 1. The molecule has 1 atom stereocenters. The summed E-state index contributed by atoms with van der Waals surface area (Å²) in [6.45, 7) is 5.53. The number of nitrogens with two attached hydrogens (primary N) is 1. The maximum absolute atomic E-state index is 15.2. The summed E-state index contributed by atoms with van der Waals surface area (Å²) < 4.78 is 22.7. The monoisotopic (exact) mass is 501 g/mol. The van der Waals surface area contributed by atoms with Gasteiger partial charge in [0, 0.05) is 43.7 Å². The van der Waals surface area contributed by atoms with Crippen molar-refractivity contribution in [3.8, 4) is 22.9 Å². The molecular formula is C28H32FN7O. The largest absolute Gasteiger partial charge is 0.457 e. The van der Waals surface area contributed by atoms with Crippen LogP contribution in [0.25, 0.3) is 16.9 Å². The van der Waals surface area contributed by atoms with Crippen LogP contribution < -0.4 is 15.8 Å². The van der Waals surface area contributed by atoms with E-state index in [4.69, 9.17) is 20.6 Å². The standard InChI is InChI=1S/C28H32FN7O/c1-18-17-35(14-13-31-18)20-9-7-19(8-10-20)28-32-16-25-26(30)33-27(34-36(25)28)23-12-11-22(15-24(23)29)37-21-5-3-2-4-6-21/h2-6,11-12,15-16,18-20,31H,7-10,13-14,17H2,1H3,(H2,30,33,34)/t18-,19?,20?/m0/s1. The SMILES string of the molecule is C[C@H]1CN(C2CCC(c3ncc4c(N)nc(-c5ccc(Oc6ccccc6)cc5F)nn34)CC2)CCN1. The summed E-state index contributed by atoms with van der Waals surface area (Å²) in [4.78, 5) is 11.7. The third kappa shape index (κ3) is 4.89. The molecule has 4 aromatic rings. The summed E-state index contributed by atoms with van der Waals surface area (Å²) in [6.07, 6.45) is 6.09. The van der Waals surface area contributed by atoms with Crippen LogP contribution in [-0.4, -0.2) is 56.2 Å². The predicted octanol–water partition coefficient (Wildman–Crippen LogP) is 4.62. The molecule has 3 N–H and O–H groups in total. The molecule has 0 unspecified atom stereocenters. The molecule has 2 fully saturated rings. The van der Waals surface area contributed by atoms with Gasteiger partial charge in [0.1, 0.15) is 28.7 Å². The van der Waals surface area contributed by atoms with Crippen molar-refractivity contribution in [2.24, 2.45) is 0 Å². The van der Waals surface area contributed by atoms with E-state index in [1.54, 1.807) is 22.8 Å². The van der Waals surface area contributed by atoms with Crippen LogP contribution in [-0.2, 0) is 0 Å².